The lowest BCUT2D eigenvalue weighted by atomic mass is 10.0. The summed E-state index contributed by atoms with van der Waals surface area (Å²) in [5.74, 6) is -0.751. The number of nitrogens with one attached hydrogen (secondary N) is 1. The number of hydrogen-bond acceptors (Lipinski definition) is 3. The standard InChI is InChI=1S/C16H9BrF2N2O2S/c17-10-6-9-13-14(12(10)8-2-1-7(18)5-11(8)19)24-4-3-21(13)16(23)20-15(9)22/h1-2,5-6H,3-4H2,(H,20,22,23). The van der Waals surface area contributed by atoms with Gasteiger partial charge in [0.05, 0.1) is 10.9 Å². The largest absolute Gasteiger partial charge is 0.328 e. The van der Waals surface area contributed by atoms with E-state index < -0.39 is 22.9 Å². The summed E-state index contributed by atoms with van der Waals surface area (Å²) in [7, 11) is 0. The van der Waals surface area contributed by atoms with Crippen LogP contribution in [0.25, 0.3) is 22.0 Å². The van der Waals surface area contributed by atoms with Gasteiger partial charge in [-0.15, -0.1) is 11.8 Å². The van der Waals surface area contributed by atoms with Gasteiger partial charge in [-0.2, -0.15) is 0 Å². The third-order valence-electron chi connectivity index (χ3n) is 3.95. The molecule has 1 aromatic heterocycles. The summed E-state index contributed by atoms with van der Waals surface area (Å²) in [6.45, 7) is 0.455. The van der Waals surface area contributed by atoms with E-state index in [0.717, 1.165) is 6.07 Å². The molecule has 0 saturated heterocycles. The average Bonchev–Trinajstić information content (AvgIpc) is 2.53. The SMILES string of the molecule is O=c1[nH]c(=O)n2c3c(c(-c4ccc(F)cc4F)c(Br)cc13)SCC2. The summed E-state index contributed by atoms with van der Waals surface area (Å²) in [6.07, 6.45) is 0. The van der Waals surface area contributed by atoms with E-state index in [9.17, 15) is 18.4 Å². The van der Waals surface area contributed by atoms with Gasteiger partial charge in [-0.25, -0.2) is 13.6 Å². The number of thioether (sulfide) groups is 1. The summed E-state index contributed by atoms with van der Waals surface area (Å²) in [5, 5.41) is 0.356. The van der Waals surface area contributed by atoms with Crippen molar-refractivity contribution in [1.82, 2.24) is 9.55 Å². The van der Waals surface area contributed by atoms with Crippen LogP contribution >= 0.6 is 27.7 Å². The second-order valence-corrected chi connectivity index (χ2v) is 7.30. The third-order valence-corrected chi connectivity index (χ3v) is 5.65. The monoisotopic (exact) mass is 410 g/mol. The third kappa shape index (κ3) is 2.24. The zero-order valence-corrected chi connectivity index (χ0v) is 14.4. The first-order valence-corrected chi connectivity index (χ1v) is 8.83. The van der Waals surface area contributed by atoms with Crippen molar-refractivity contribution in [3.05, 3.63) is 61.2 Å². The van der Waals surface area contributed by atoms with Gasteiger partial charge in [-0.05, 0) is 18.2 Å². The molecule has 1 N–H and O–H groups in total. The molecule has 0 fully saturated rings. The van der Waals surface area contributed by atoms with Gasteiger partial charge >= 0.3 is 5.69 Å². The van der Waals surface area contributed by atoms with Crippen LogP contribution in [-0.4, -0.2) is 15.3 Å². The topological polar surface area (TPSA) is 54.9 Å². The molecule has 0 amide bonds. The van der Waals surface area contributed by atoms with E-state index in [0.29, 0.717) is 38.1 Å². The predicted octanol–water partition coefficient (Wildman–Crippen LogP) is 3.50. The Kier molecular flexibility index (Phi) is 3.61. The Balaban J connectivity index is 2.19. The first kappa shape index (κ1) is 15.6. The van der Waals surface area contributed by atoms with Crippen LogP contribution in [0, 0.1) is 11.6 Å². The van der Waals surface area contributed by atoms with Gasteiger partial charge in [0.25, 0.3) is 5.56 Å². The molecule has 2 heterocycles. The van der Waals surface area contributed by atoms with Gasteiger partial charge in [-0.1, -0.05) is 15.9 Å². The Bertz CT molecular complexity index is 1120. The van der Waals surface area contributed by atoms with Crippen molar-refractivity contribution in [2.45, 2.75) is 11.4 Å². The van der Waals surface area contributed by atoms with Crippen molar-refractivity contribution >= 4 is 38.6 Å². The molecule has 122 valence electrons. The Labute approximate surface area is 146 Å². The zero-order chi connectivity index (χ0) is 17.0. The fourth-order valence-corrected chi connectivity index (χ4v) is 4.90. The van der Waals surface area contributed by atoms with Gasteiger partial charge in [-0.3, -0.25) is 14.3 Å². The minimum absolute atomic E-state index is 0.217. The van der Waals surface area contributed by atoms with Gasteiger partial charge in [0.15, 0.2) is 0 Å². The van der Waals surface area contributed by atoms with E-state index >= 15 is 0 Å². The number of hydrogen-bond donors (Lipinski definition) is 1. The highest BCUT2D eigenvalue weighted by molar-refractivity contribution is 9.10. The Hall–Kier alpha value is -1.93. The maximum absolute atomic E-state index is 14.3. The van der Waals surface area contributed by atoms with Crippen molar-refractivity contribution in [3.8, 4) is 11.1 Å². The first-order valence-electron chi connectivity index (χ1n) is 7.05. The maximum Gasteiger partial charge on any atom is 0.328 e. The molecule has 0 aliphatic carbocycles. The summed E-state index contributed by atoms with van der Waals surface area (Å²) in [4.78, 5) is 27.1. The molecule has 0 atom stereocenters. The van der Waals surface area contributed by atoms with Crippen molar-refractivity contribution in [2.24, 2.45) is 0 Å². The van der Waals surface area contributed by atoms with Crippen LogP contribution < -0.4 is 11.2 Å². The summed E-state index contributed by atoms with van der Waals surface area (Å²) in [5.41, 5.74) is 0.253. The number of benzene rings is 2. The molecule has 0 saturated carbocycles. The average molecular weight is 411 g/mol. The second kappa shape index (κ2) is 5.56. The lowest BCUT2D eigenvalue weighted by molar-refractivity contribution is 0.585. The number of aromatic amines is 1. The van der Waals surface area contributed by atoms with Crippen molar-refractivity contribution in [3.63, 3.8) is 0 Å². The van der Waals surface area contributed by atoms with E-state index in [4.69, 9.17) is 0 Å². The van der Waals surface area contributed by atoms with Crippen LogP contribution in [-0.2, 0) is 6.54 Å². The van der Waals surface area contributed by atoms with Gasteiger partial charge < -0.3 is 0 Å². The molecule has 0 spiro atoms. The number of H-pyrrole nitrogens is 1. The molecule has 1 aliphatic heterocycles. The molecule has 4 rings (SSSR count). The fraction of sp³-hybridized carbons (Fsp3) is 0.125. The van der Waals surface area contributed by atoms with Crippen LogP contribution in [0.1, 0.15) is 0 Å². The predicted molar refractivity (Wildman–Crippen MR) is 92.6 cm³/mol. The number of aromatic nitrogens is 2. The summed E-state index contributed by atoms with van der Waals surface area (Å²) in [6, 6.07) is 4.92. The highest BCUT2D eigenvalue weighted by Gasteiger charge is 2.24. The molecule has 0 radical (unpaired) electrons. The van der Waals surface area contributed by atoms with Gasteiger partial charge in [0.1, 0.15) is 11.6 Å². The van der Waals surface area contributed by atoms with Crippen LogP contribution in [0.3, 0.4) is 0 Å². The number of halogens is 3. The summed E-state index contributed by atoms with van der Waals surface area (Å²) < 4.78 is 29.5. The van der Waals surface area contributed by atoms with Crippen LogP contribution in [0.15, 0.2) is 43.2 Å². The zero-order valence-electron chi connectivity index (χ0n) is 12.0. The molecule has 3 aromatic rings. The molecule has 4 nitrogen and oxygen atoms in total. The quantitative estimate of drug-likeness (QED) is 0.667. The molecule has 2 aromatic carbocycles. The smallest absolute Gasteiger partial charge is 0.291 e. The number of nitrogens with zero attached hydrogens (tertiary/aromatic N) is 1. The minimum atomic E-state index is -0.698. The molecule has 0 bridgehead atoms. The Morgan fingerprint density at radius 1 is 1.21 bits per heavy atom. The minimum Gasteiger partial charge on any atom is -0.291 e. The van der Waals surface area contributed by atoms with Crippen molar-refractivity contribution in [2.75, 3.05) is 5.75 Å². The Morgan fingerprint density at radius 3 is 2.75 bits per heavy atom. The second-order valence-electron chi connectivity index (χ2n) is 5.34. The molecular formula is C16H9BrF2N2O2S. The fourth-order valence-electron chi connectivity index (χ4n) is 2.93. The molecule has 8 heteroatoms. The highest BCUT2D eigenvalue weighted by Crippen LogP contribution is 2.43. The van der Waals surface area contributed by atoms with E-state index in [2.05, 4.69) is 20.9 Å². The highest BCUT2D eigenvalue weighted by atomic mass is 79.9. The van der Waals surface area contributed by atoms with E-state index in [1.54, 1.807) is 6.07 Å². The van der Waals surface area contributed by atoms with Gasteiger partial charge in [0, 0.05) is 38.9 Å². The molecule has 24 heavy (non-hydrogen) atoms. The van der Waals surface area contributed by atoms with Crippen LogP contribution in [0.4, 0.5) is 8.78 Å². The maximum atomic E-state index is 14.3. The van der Waals surface area contributed by atoms with E-state index in [-0.39, 0.29) is 5.56 Å². The molecule has 0 unspecified atom stereocenters. The van der Waals surface area contributed by atoms with Crippen molar-refractivity contribution < 1.29 is 8.78 Å². The van der Waals surface area contributed by atoms with Crippen LogP contribution in [0.2, 0.25) is 0 Å². The van der Waals surface area contributed by atoms with Gasteiger partial charge in [0.2, 0.25) is 0 Å². The first-order chi connectivity index (χ1) is 11.5. The van der Waals surface area contributed by atoms with Crippen LogP contribution in [0.5, 0.6) is 0 Å². The molecular weight excluding hydrogens is 402 g/mol. The summed E-state index contributed by atoms with van der Waals surface area (Å²) >= 11 is 4.83. The normalized spacial score (nSPS) is 13.5. The lowest BCUT2D eigenvalue weighted by Crippen LogP contribution is -2.32. The van der Waals surface area contributed by atoms with Crippen molar-refractivity contribution in [1.29, 1.82) is 0 Å². The number of aryl methyl sites for hydroxylation is 1. The molecule has 1 aliphatic rings. The van der Waals surface area contributed by atoms with E-state index in [1.807, 2.05) is 0 Å². The van der Waals surface area contributed by atoms with E-state index in [1.165, 1.54) is 28.5 Å². The Morgan fingerprint density at radius 2 is 2.00 bits per heavy atom. The lowest BCUT2D eigenvalue weighted by Gasteiger charge is -2.22. The number of rotatable bonds is 1.